The van der Waals surface area contributed by atoms with E-state index < -0.39 is 0 Å². The summed E-state index contributed by atoms with van der Waals surface area (Å²) in [5, 5.41) is 0.401. The second-order valence-electron chi connectivity index (χ2n) is 7.77. The Morgan fingerprint density at radius 2 is 1.82 bits per heavy atom. The minimum atomic E-state index is -0.139. The van der Waals surface area contributed by atoms with Crippen LogP contribution in [0.5, 0.6) is 0 Å². The van der Waals surface area contributed by atoms with E-state index in [4.69, 9.17) is 0 Å². The number of rotatable bonds is 4. The number of amides is 1. The molecule has 28 heavy (non-hydrogen) atoms. The third-order valence-electron chi connectivity index (χ3n) is 6.01. The molecule has 1 amide bonds. The topological polar surface area (TPSA) is 58.4 Å². The second-order valence-corrected chi connectivity index (χ2v) is 8.73. The van der Waals surface area contributed by atoms with Gasteiger partial charge < -0.3 is 14.4 Å². The highest BCUT2D eigenvalue weighted by atomic mass is 32.2. The zero-order valence-corrected chi connectivity index (χ0v) is 17.3. The fourth-order valence-corrected chi connectivity index (χ4v) is 5.20. The number of hydrogen-bond acceptors (Lipinski definition) is 5. The van der Waals surface area contributed by atoms with Gasteiger partial charge in [0.05, 0.1) is 16.8 Å². The predicted molar refractivity (Wildman–Crippen MR) is 113 cm³/mol. The van der Waals surface area contributed by atoms with E-state index in [9.17, 15) is 9.59 Å². The van der Waals surface area contributed by atoms with E-state index in [0.29, 0.717) is 11.1 Å². The Kier molecular flexibility index (Phi) is 6.01. The molecule has 0 radical (unpaired) electrons. The van der Waals surface area contributed by atoms with Crippen LogP contribution >= 0.6 is 11.8 Å². The summed E-state index contributed by atoms with van der Waals surface area (Å²) < 4.78 is 1.61. The van der Waals surface area contributed by atoms with Gasteiger partial charge in [0.1, 0.15) is 0 Å². The van der Waals surface area contributed by atoms with E-state index >= 15 is 0 Å². The first-order chi connectivity index (χ1) is 13.6. The first-order valence-electron chi connectivity index (χ1n) is 10.2. The molecule has 2 aliphatic heterocycles. The van der Waals surface area contributed by atoms with Gasteiger partial charge in [-0.2, -0.15) is 0 Å². The standard InChI is InChI=1S/C21H28N4O2S/c1-23-18-8-4-3-7-17(18)22-20(21(23)27)28-15-19(26)25-13-9-16(10-14-25)24-11-5-2-6-12-24/h3-4,7-8,16H,2,5-6,9-15H2,1H3. The molecular formula is C21H28N4O2S. The van der Waals surface area contributed by atoms with Gasteiger partial charge in [0.2, 0.25) is 5.91 Å². The first kappa shape index (κ1) is 19.5. The van der Waals surface area contributed by atoms with Crippen molar-refractivity contribution in [2.24, 2.45) is 7.05 Å². The first-order valence-corrected chi connectivity index (χ1v) is 11.2. The Labute approximate surface area is 169 Å². The number of hydrogen-bond donors (Lipinski definition) is 0. The van der Waals surface area contributed by atoms with Crippen molar-refractivity contribution in [2.45, 2.75) is 43.2 Å². The molecule has 4 rings (SSSR count). The minimum absolute atomic E-state index is 0.110. The quantitative estimate of drug-likeness (QED) is 0.738. The van der Waals surface area contributed by atoms with Crippen molar-refractivity contribution in [3.05, 3.63) is 34.6 Å². The largest absolute Gasteiger partial charge is 0.342 e. The molecule has 7 heteroatoms. The molecule has 2 saturated heterocycles. The van der Waals surface area contributed by atoms with Crippen molar-refractivity contribution >= 4 is 28.7 Å². The molecule has 0 aliphatic carbocycles. The SMILES string of the molecule is Cn1c(=O)c(SCC(=O)N2CCC(N3CCCCC3)CC2)nc2ccccc21. The number of piperidine rings is 2. The minimum Gasteiger partial charge on any atom is -0.342 e. The summed E-state index contributed by atoms with van der Waals surface area (Å²) in [5.74, 6) is 0.383. The molecule has 150 valence electrons. The Morgan fingerprint density at radius 3 is 2.57 bits per heavy atom. The normalized spacial score (nSPS) is 19.2. The van der Waals surface area contributed by atoms with Crippen molar-refractivity contribution in [3.63, 3.8) is 0 Å². The number of aryl methyl sites for hydroxylation is 1. The van der Waals surface area contributed by atoms with Crippen LogP contribution in [-0.4, -0.2) is 63.2 Å². The van der Waals surface area contributed by atoms with Crippen LogP contribution in [0.3, 0.4) is 0 Å². The zero-order valence-electron chi connectivity index (χ0n) is 16.5. The van der Waals surface area contributed by atoms with Gasteiger partial charge in [0.25, 0.3) is 5.56 Å². The molecule has 2 fully saturated rings. The van der Waals surface area contributed by atoms with Crippen LogP contribution in [-0.2, 0) is 11.8 Å². The molecule has 0 spiro atoms. The Hall–Kier alpha value is -1.86. The van der Waals surface area contributed by atoms with Crippen LogP contribution < -0.4 is 5.56 Å². The second kappa shape index (κ2) is 8.66. The van der Waals surface area contributed by atoms with Crippen LogP contribution in [0, 0.1) is 0 Å². The maximum Gasteiger partial charge on any atom is 0.283 e. The lowest BCUT2D eigenvalue weighted by atomic mass is 10.00. The molecule has 2 aliphatic rings. The summed E-state index contributed by atoms with van der Waals surface area (Å²) in [5.41, 5.74) is 1.45. The van der Waals surface area contributed by atoms with Gasteiger partial charge in [-0.25, -0.2) is 4.98 Å². The van der Waals surface area contributed by atoms with E-state index in [1.807, 2.05) is 29.2 Å². The Bertz CT molecular complexity index is 899. The van der Waals surface area contributed by atoms with Gasteiger partial charge in [0.15, 0.2) is 5.03 Å². The van der Waals surface area contributed by atoms with Gasteiger partial charge in [0, 0.05) is 26.2 Å². The van der Waals surface area contributed by atoms with Crippen molar-refractivity contribution in [1.82, 2.24) is 19.4 Å². The summed E-state index contributed by atoms with van der Waals surface area (Å²) in [6.07, 6.45) is 6.10. The number of nitrogens with zero attached hydrogens (tertiary/aromatic N) is 4. The Morgan fingerprint density at radius 1 is 1.11 bits per heavy atom. The molecule has 1 aromatic carbocycles. The van der Waals surface area contributed by atoms with E-state index in [2.05, 4.69) is 9.88 Å². The van der Waals surface area contributed by atoms with E-state index in [1.54, 1.807) is 11.6 Å². The maximum absolute atomic E-state index is 12.7. The average Bonchev–Trinajstić information content (AvgIpc) is 2.76. The third-order valence-corrected chi connectivity index (χ3v) is 6.94. The molecular weight excluding hydrogens is 372 g/mol. The molecule has 6 nitrogen and oxygen atoms in total. The number of benzene rings is 1. The highest BCUT2D eigenvalue weighted by Crippen LogP contribution is 2.22. The van der Waals surface area contributed by atoms with E-state index in [-0.39, 0.29) is 17.2 Å². The lowest BCUT2D eigenvalue weighted by Gasteiger charge is -2.40. The van der Waals surface area contributed by atoms with Crippen LogP contribution in [0.15, 0.2) is 34.1 Å². The number of likely N-dealkylation sites (tertiary alicyclic amines) is 2. The number of carbonyl (C=O) groups is 1. The number of fused-ring (bicyclic) bond motifs is 1. The summed E-state index contributed by atoms with van der Waals surface area (Å²) in [6, 6.07) is 8.22. The van der Waals surface area contributed by atoms with Crippen molar-refractivity contribution in [3.8, 4) is 0 Å². The van der Waals surface area contributed by atoms with Crippen LogP contribution in [0.2, 0.25) is 0 Å². The van der Waals surface area contributed by atoms with Crippen LogP contribution in [0.1, 0.15) is 32.1 Å². The van der Waals surface area contributed by atoms with Gasteiger partial charge in [-0.15, -0.1) is 0 Å². The van der Waals surface area contributed by atoms with Crippen molar-refractivity contribution in [1.29, 1.82) is 0 Å². The Balaban J connectivity index is 1.34. The van der Waals surface area contributed by atoms with Crippen molar-refractivity contribution in [2.75, 3.05) is 31.9 Å². The molecule has 3 heterocycles. The third kappa shape index (κ3) is 4.10. The number of carbonyl (C=O) groups excluding carboxylic acids is 1. The molecule has 0 atom stereocenters. The number of aromatic nitrogens is 2. The molecule has 0 N–H and O–H groups in total. The number of thioether (sulfide) groups is 1. The summed E-state index contributed by atoms with van der Waals surface area (Å²) in [4.78, 5) is 34.3. The monoisotopic (exact) mass is 400 g/mol. The fourth-order valence-electron chi connectivity index (χ4n) is 4.33. The molecule has 0 bridgehead atoms. The predicted octanol–water partition coefficient (Wildman–Crippen LogP) is 2.50. The number of para-hydroxylation sites is 2. The smallest absolute Gasteiger partial charge is 0.283 e. The van der Waals surface area contributed by atoms with Gasteiger partial charge in [-0.1, -0.05) is 30.3 Å². The lowest BCUT2D eigenvalue weighted by molar-refractivity contribution is -0.129. The van der Waals surface area contributed by atoms with E-state index in [1.165, 1.54) is 44.1 Å². The molecule has 0 unspecified atom stereocenters. The molecule has 1 aromatic heterocycles. The van der Waals surface area contributed by atoms with Crippen LogP contribution in [0.25, 0.3) is 11.0 Å². The highest BCUT2D eigenvalue weighted by molar-refractivity contribution is 7.99. The molecule has 2 aromatic rings. The highest BCUT2D eigenvalue weighted by Gasteiger charge is 2.27. The van der Waals surface area contributed by atoms with Gasteiger partial charge in [-0.3, -0.25) is 9.59 Å². The van der Waals surface area contributed by atoms with Crippen LogP contribution in [0.4, 0.5) is 0 Å². The van der Waals surface area contributed by atoms with Gasteiger partial charge >= 0.3 is 0 Å². The summed E-state index contributed by atoms with van der Waals surface area (Å²) >= 11 is 1.26. The average molecular weight is 401 g/mol. The lowest BCUT2D eigenvalue weighted by Crippen LogP contribution is -2.48. The molecule has 0 saturated carbocycles. The zero-order chi connectivity index (χ0) is 19.5. The van der Waals surface area contributed by atoms with Crippen molar-refractivity contribution < 1.29 is 4.79 Å². The summed E-state index contributed by atoms with van der Waals surface area (Å²) in [6.45, 7) is 4.07. The van der Waals surface area contributed by atoms with Gasteiger partial charge in [-0.05, 0) is 50.9 Å². The summed E-state index contributed by atoms with van der Waals surface area (Å²) in [7, 11) is 1.75. The van der Waals surface area contributed by atoms with E-state index in [0.717, 1.165) is 37.0 Å². The maximum atomic E-state index is 12.7. The fraction of sp³-hybridized carbons (Fsp3) is 0.571.